The first kappa shape index (κ1) is 16.1. The second kappa shape index (κ2) is 6.82. The molecule has 1 atom stereocenters. The minimum absolute atomic E-state index is 0.0411. The summed E-state index contributed by atoms with van der Waals surface area (Å²) < 4.78 is 6.54. The average Bonchev–Trinajstić information content (AvgIpc) is 2.96. The molecule has 0 saturated carbocycles. The van der Waals surface area contributed by atoms with Crippen molar-refractivity contribution in [2.75, 3.05) is 0 Å². The van der Waals surface area contributed by atoms with Gasteiger partial charge < -0.3 is 4.52 Å². The van der Waals surface area contributed by atoms with E-state index >= 15 is 0 Å². The van der Waals surface area contributed by atoms with Gasteiger partial charge in [-0.25, -0.2) is 0 Å². The van der Waals surface area contributed by atoms with E-state index in [0.29, 0.717) is 0 Å². The summed E-state index contributed by atoms with van der Waals surface area (Å²) in [5.41, 5.74) is 1.88. The van der Waals surface area contributed by atoms with Gasteiger partial charge in [0, 0.05) is 27.7 Å². The molecule has 0 aromatic heterocycles. The van der Waals surface area contributed by atoms with Crippen molar-refractivity contribution in [3.63, 3.8) is 0 Å². The maximum Gasteiger partial charge on any atom is 0.166 e. The van der Waals surface area contributed by atoms with E-state index in [1.54, 1.807) is 0 Å². The molecular weight excluding hydrogens is 327 g/mol. The largest absolute Gasteiger partial charge is 0.464 e. The summed E-state index contributed by atoms with van der Waals surface area (Å²) in [6.07, 6.45) is 0.761. The Bertz CT molecular complexity index is 851. The number of Topliss-reactive ketones (excluding diaryl/α,β-unsaturated/α-hetero) is 1. The van der Waals surface area contributed by atoms with E-state index in [1.807, 2.05) is 61.5 Å². The van der Waals surface area contributed by atoms with Gasteiger partial charge in [0.2, 0.25) is 0 Å². The molecular formula is C22H19O2P. The number of hydrogen-bond donors (Lipinski definition) is 0. The lowest BCUT2D eigenvalue weighted by Crippen LogP contribution is -2.15. The zero-order valence-electron chi connectivity index (χ0n) is 14.1. The van der Waals surface area contributed by atoms with Gasteiger partial charge in [-0.05, 0) is 12.5 Å². The number of benzene rings is 3. The van der Waals surface area contributed by atoms with Crippen LogP contribution >= 0.6 is 8.15 Å². The van der Waals surface area contributed by atoms with Crippen LogP contribution in [0.15, 0.2) is 78.9 Å². The van der Waals surface area contributed by atoms with E-state index in [2.05, 4.69) is 24.3 Å². The molecule has 0 N–H and O–H groups in total. The lowest BCUT2D eigenvalue weighted by atomic mass is 10.1. The first-order valence-electron chi connectivity index (χ1n) is 8.48. The summed E-state index contributed by atoms with van der Waals surface area (Å²) in [7, 11) is -0.974. The summed E-state index contributed by atoms with van der Waals surface area (Å²) in [5, 5.41) is 2.33. The van der Waals surface area contributed by atoms with Crippen molar-refractivity contribution in [3.05, 3.63) is 90.0 Å². The van der Waals surface area contributed by atoms with Gasteiger partial charge in [-0.3, -0.25) is 4.79 Å². The fourth-order valence-corrected chi connectivity index (χ4v) is 5.00. The van der Waals surface area contributed by atoms with Crippen LogP contribution in [0.2, 0.25) is 0 Å². The van der Waals surface area contributed by atoms with Crippen molar-refractivity contribution in [3.8, 4) is 5.75 Å². The molecule has 124 valence electrons. The summed E-state index contributed by atoms with van der Waals surface area (Å²) >= 11 is 0. The maximum absolute atomic E-state index is 12.3. The quantitative estimate of drug-likeness (QED) is 0.651. The molecule has 25 heavy (non-hydrogen) atoms. The SMILES string of the molecule is CC1Cc2c(OP(c3ccccc3)c3ccccc3)cccc2C1=O. The summed E-state index contributed by atoms with van der Waals surface area (Å²) in [5.74, 6) is 1.11. The molecule has 4 rings (SSSR count). The van der Waals surface area contributed by atoms with Crippen LogP contribution in [0, 0.1) is 5.92 Å². The van der Waals surface area contributed by atoms with Crippen molar-refractivity contribution in [1.82, 2.24) is 0 Å². The van der Waals surface area contributed by atoms with E-state index in [4.69, 9.17) is 4.52 Å². The van der Waals surface area contributed by atoms with Crippen LogP contribution in [0.4, 0.5) is 0 Å². The Morgan fingerprint density at radius 1 is 0.840 bits per heavy atom. The molecule has 3 heteroatoms. The van der Waals surface area contributed by atoms with Gasteiger partial charge in [-0.2, -0.15) is 0 Å². The van der Waals surface area contributed by atoms with Gasteiger partial charge in [0.1, 0.15) is 5.75 Å². The molecule has 0 radical (unpaired) electrons. The lowest BCUT2D eigenvalue weighted by Gasteiger charge is -2.21. The van der Waals surface area contributed by atoms with Crippen LogP contribution in [0.5, 0.6) is 5.75 Å². The third kappa shape index (κ3) is 3.10. The lowest BCUT2D eigenvalue weighted by molar-refractivity contribution is 0.0946. The van der Waals surface area contributed by atoms with Crippen LogP contribution in [-0.2, 0) is 6.42 Å². The number of rotatable bonds is 4. The van der Waals surface area contributed by atoms with Crippen LogP contribution in [0.25, 0.3) is 0 Å². The minimum atomic E-state index is -0.974. The molecule has 0 fully saturated rings. The van der Waals surface area contributed by atoms with Crippen LogP contribution in [0.1, 0.15) is 22.8 Å². The predicted molar refractivity (Wildman–Crippen MR) is 103 cm³/mol. The van der Waals surface area contributed by atoms with Crippen LogP contribution in [-0.4, -0.2) is 5.78 Å². The summed E-state index contributed by atoms with van der Waals surface area (Å²) in [4.78, 5) is 12.3. The van der Waals surface area contributed by atoms with E-state index in [9.17, 15) is 4.79 Å². The fraction of sp³-hybridized carbons (Fsp3) is 0.136. The molecule has 0 amide bonds. The van der Waals surface area contributed by atoms with E-state index in [1.165, 1.54) is 10.6 Å². The monoisotopic (exact) mass is 346 g/mol. The highest BCUT2D eigenvalue weighted by Crippen LogP contribution is 2.41. The third-order valence-electron chi connectivity index (χ3n) is 4.53. The minimum Gasteiger partial charge on any atom is -0.464 e. The molecule has 0 saturated heterocycles. The Morgan fingerprint density at radius 2 is 1.44 bits per heavy atom. The van der Waals surface area contributed by atoms with E-state index < -0.39 is 8.15 Å². The summed E-state index contributed by atoms with van der Waals surface area (Å²) in [6, 6.07) is 26.5. The Balaban J connectivity index is 1.75. The van der Waals surface area contributed by atoms with Crippen LogP contribution in [0.3, 0.4) is 0 Å². The summed E-state index contributed by atoms with van der Waals surface area (Å²) in [6.45, 7) is 1.99. The van der Waals surface area contributed by atoms with Gasteiger partial charge in [0.25, 0.3) is 0 Å². The van der Waals surface area contributed by atoms with Crippen molar-refractivity contribution in [2.24, 2.45) is 5.92 Å². The molecule has 3 aromatic carbocycles. The van der Waals surface area contributed by atoms with Gasteiger partial charge in [0.05, 0.1) is 0 Å². The van der Waals surface area contributed by atoms with Gasteiger partial charge in [-0.15, -0.1) is 0 Å². The zero-order chi connectivity index (χ0) is 17.2. The second-order valence-corrected chi connectivity index (χ2v) is 8.11. The van der Waals surface area contributed by atoms with Crippen molar-refractivity contribution >= 4 is 24.5 Å². The van der Waals surface area contributed by atoms with Crippen molar-refractivity contribution in [1.29, 1.82) is 0 Å². The first-order valence-corrected chi connectivity index (χ1v) is 9.74. The Kier molecular flexibility index (Phi) is 4.38. The molecule has 2 nitrogen and oxygen atoms in total. The number of fused-ring (bicyclic) bond motifs is 1. The molecule has 0 bridgehead atoms. The van der Waals surface area contributed by atoms with Crippen molar-refractivity contribution < 1.29 is 9.32 Å². The Morgan fingerprint density at radius 3 is 2.04 bits per heavy atom. The van der Waals surface area contributed by atoms with Gasteiger partial charge in [-0.1, -0.05) is 79.7 Å². The normalized spacial score (nSPS) is 16.1. The molecule has 0 spiro atoms. The average molecular weight is 346 g/mol. The van der Waals surface area contributed by atoms with E-state index in [-0.39, 0.29) is 11.7 Å². The first-order chi connectivity index (χ1) is 12.2. The zero-order valence-corrected chi connectivity index (χ0v) is 14.9. The second-order valence-electron chi connectivity index (χ2n) is 6.31. The number of carbonyl (C=O) groups is 1. The highest BCUT2D eigenvalue weighted by atomic mass is 31.1. The molecule has 1 aliphatic rings. The Hall–Kier alpha value is -2.44. The molecule has 3 aromatic rings. The molecule has 0 heterocycles. The smallest absolute Gasteiger partial charge is 0.166 e. The highest BCUT2D eigenvalue weighted by molar-refractivity contribution is 7.68. The number of ketones is 1. The number of carbonyl (C=O) groups excluding carboxylic acids is 1. The maximum atomic E-state index is 12.3. The third-order valence-corrected chi connectivity index (χ3v) is 6.44. The van der Waals surface area contributed by atoms with Gasteiger partial charge >= 0.3 is 0 Å². The standard InChI is InChI=1S/C22H19O2P/c1-16-15-20-19(22(16)23)13-8-14-21(20)24-25(17-9-4-2-5-10-17)18-11-6-3-7-12-18/h2-14,16H,15H2,1H3. The Labute approximate surface area is 149 Å². The predicted octanol–water partition coefficient (Wildman–Crippen LogP) is 4.49. The molecule has 0 aliphatic heterocycles. The topological polar surface area (TPSA) is 26.3 Å². The van der Waals surface area contributed by atoms with Gasteiger partial charge in [0.15, 0.2) is 13.9 Å². The number of hydrogen-bond acceptors (Lipinski definition) is 2. The van der Waals surface area contributed by atoms with Crippen LogP contribution < -0.4 is 15.1 Å². The molecule has 1 unspecified atom stereocenters. The van der Waals surface area contributed by atoms with Crippen molar-refractivity contribution in [2.45, 2.75) is 13.3 Å². The van der Waals surface area contributed by atoms with E-state index in [0.717, 1.165) is 23.3 Å². The molecule has 1 aliphatic carbocycles. The fourth-order valence-electron chi connectivity index (χ4n) is 3.24. The highest BCUT2D eigenvalue weighted by Gasteiger charge is 2.30.